The van der Waals surface area contributed by atoms with Gasteiger partial charge in [0.1, 0.15) is 17.7 Å². The molecule has 9 nitrogen and oxygen atoms in total. The van der Waals surface area contributed by atoms with Crippen LogP contribution in [-0.4, -0.2) is 56.4 Å². The maximum atomic E-state index is 12.9. The highest BCUT2D eigenvalue weighted by Gasteiger charge is 2.30. The van der Waals surface area contributed by atoms with Crippen LogP contribution < -0.4 is 9.47 Å². The summed E-state index contributed by atoms with van der Waals surface area (Å²) in [5.74, 6) is 0.645. The number of amides is 1. The van der Waals surface area contributed by atoms with Gasteiger partial charge in [-0.1, -0.05) is 0 Å². The van der Waals surface area contributed by atoms with Crippen molar-refractivity contribution in [1.29, 1.82) is 5.26 Å². The Bertz CT molecular complexity index is 858. The molecule has 2 aliphatic heterocycles. The van der Waals surface area contributed by atoms with Gasteiger partial charge in [-0.05, 0) is 12.8 Å². The highest BCUT2D eigenvalue weighted by molar-refractivity contribution is 5.96. The number of fused-ring (bicyclic) bond motifs is 1. The lowest BCUT2D eigenvalue weighted by atomic mass is 10.1. The number of ether oxygens (including phenoxy) is 2. The Morgan fingerprint density at radius 3 is 3.08 bits per heavy atom. The highest BCUT2D eigenvalue weighted by Crippen LogP contribution is 2.26. The summed E-state index contributed by atoms with van der Waals surface area (Å²) in [5, 5.41) is 13.3. The third kappa shape index (κ3) is 3.06. The van der Waals surface area contributed by atoms with Gasteiger partial charge >= 0.3 is 0 Å². The van der Waals surface area contributed by atoms with Gasteiger partial charge in [0.2, 0.25) is 11.6 Å². The molecule has 134 valence electrons. The van der Waals surface area contributed by atoms with Crippen molar-refractivity contribution in [2.75, 3.05) is 19.7 Å². The van der Waals surface area contributed by atoms with Crippen LogP contribution in [0.15, 0.2) is 18.6 Å². The van der Waals surface area contributed by atoms with Crippen LogP contribution in [0.2, 0.25) is 0 Å². The predicted molar refractivity (Wildman–Crippen MR) is 88.6 cm³/mol. The molecule has 0 N–H and O–H groups in total. The molecule has 0 aliphatic carbocycles. The molecule has 0 aromatic carbocycles. The van der Waals surface area contributed by atoms with Crippen molar-refractivity contribution in [1.82, 2.24) is 24.6 Å². The van der Waals surface area contributed by atoms with Gasteiger partial charge in [0.15, 0.2) is 0 Å². The van der Waals surface area contributed by atoms with Crippen LogP contribution >= 0.6 is 0 Å². The van der Waals surface area contributed by atoms with Crippen molar-refractivity contribution < 1.29 is 14.3 Å². The third-order valence-electron chi connectivity index (χ3n) is 4.49. The quantitative estimate of drug-likeness (QED) is 0.810. The summed E-state index contributed by atoms with van der Waals surface area (Å²) >= 11 is 0. The van der Waals surface area contributed by atoms with Gasteiger partial charge in [0.25, 0.3) is 11.8 Å². The van der Waals surface area contributed by atoms with E-state index in [1.54, 1.807) is 15.8 Å². The van der Waals surface area contributed by atoms with Crippen LogP contribution in [-0.2, 0) is 6.54 Å². The van der Waals surface area contributed by atoms with E-state index >= 15 is 0 Å². The second-order valence-electron chi connectivity index (χ2n) is 6.24. The van der Waals surface area contributed by atoms with E-state index in [0.29, 0.717) is 31.1 Å². The number of likely N-dealkylation sites (tertiary alicyclic amines) is 1. The summed E-state index contributed by atoms with van der Waals surface area (Å²) < 4.78 is 13.2. The lowest BCUT2D eigenvalue weighted by Gasteiger charge is -2.32. The summed E-state index contributed by atoms with van der Waals surface area (Å²) in [4.78, 5) is 22.7. The Hall–Kier alpha value is -3.15. The van der Waals surface area contributed by atoms with Crippen LogP contribution in [0.4, 0.5) is 0 Å². The Morgan fingerprint density at radius 2 is 2.19 bits per heavy atom. The number of nitriles is 1. The molecule has 2 aromatic rings. The smallest absolute Gasteiger partial charge is 0.261 e. The van der Waals surface area contributed by atoms with Gasteiger partial charge in [0.05, 0.1) is 19.3 Å². The molecular weight excluding hydrogens is 336 g/mol. The van der Waals surface area contributed by atoms with E-state index in [2.05, 4.69) is 15.1 Å². The van der Waals surface area contributed by atoms with E-state index in [1.807, 2.05) is 6.07 Å². The van der Waals surface area contributed by atoms with Crippen molar-refractivity contribution in [2.24, 2.45) is 0 Å². The molecule has 4 heterocycles. The molecular formula is C17H18N6O3. The molecule has 4 rings (SSSR count). The van der Waals surface area contributed by atoms with Crippen molar-refractivity contribution in [3.05, 3.63) is 29.8 Å². The largest absolute Gasteiger partial charge is 0.477 e. The number of piperidine rings is 1. The topological polar surface area (TPSA) is 106 Å². The molecule has 1 saturated heterocycles. The number of aryl methyl sites for hydroxylation is 1. The minimum atomic E-state index is -0.233. The Balaban J connectivity index is 1.47. The SMILES string of the molecule is N#Cc1nccnc1O[C@H]1CCCN(C(=O)c2cnn3c2OCCC3)C1. The van der Waals surface area contributed by atoms with Gasteiger partial charge in [-0.2, -0.15) is 10.4 Å². The second-order valence-corrected chi connectivity index (χ2v) is 6.24. The lowest BCUT2D eigenvalue weighted by molar-refractivity contribution is 0.0520. The van der Waals surface area contributed by atoms with Crippen molar-refractivity contribution in [3.8, 4) is 17.8 Å². The maximum absolute atomic E-state index is 12.9. The molecule has 1 atom stereocenters. The number of carbonyl (C=O) groups is 1. The number of rotatable bonds is 3. The van der Waals surface area contributed by atoms with E-state index in [4.69, 9.17) is 14.7 Å². The van der Waals surface area contributed by atoms with Crippen molar-refractivity contribution in [3.63, 3.8) is 0 Å². The molecule has 0 spiro atoms. The van der Waals surface area contributed by atoms with Crippen LogP contribution in [0, 0.1) is 11.3 Å². The van der Waals surface area contributed by atoms with Gasteiger partial charge in [-0.3, -0.25) is 4.79 Å². The molecule has 2 aliphatic rings. The maximum Gasteiger partial charge on any atom is 0.261 e. The fraction of sp³-hybridized carbons (Fsp3) is 0.471. The summed E-state index contributed by atoms with van der Waals surface area (Å²) in [5.41, 5.74) is 0.637. The standard InChI is InChI=1S/C17H18N6O3/c18-9-14-15(20-5-4-19-14)26-12-3-1-6-22(11-12)16(24)13-10-21-23-7-2-8-25-17(13)23/h4-5,10,12H,1-3,6-8,11H2/t12-/m0/s1. The summed E-state index contributed by atoms with van der Waals surface area (Å²) in [7, 11) is 0. The third-order valence-corrected chi connectivity index (χ3v) is 4.49. The van der Waals surface area contributed by atoms with E-state index in [9.17, 15) is 4.79 Å². The predicted octanol–water partition coefficient (Wildman–Crippen LogP) is 1.01. The van der Waals surface area contributed by atoms with Crippen molar-refractivity contribution >= 4 is 5.91 Å². The van der Waals surface area contributed by atoms with E-state index in [-0.39, 0.29) is 23.6 Å². The molecule has 1 amide bonds. The molecule has 9 heteroatoms. The number of hydrogen-bond donors (Lipinski definition) is 0. The molecule has 26 heavy (non-hydrogen) atoms. The monoisotopic (exact) mass is 354 g/mol. The molecule has 0 unspecified atom stereocenters. The highest BCUT2D eigenvalue weighted by atomic mass is 16.5. The van der Waals surface area contributed by atoms with E-state index in [1.165, 1.54) is 12.4 Å². The zero-order valence-electron chi connectivity index (χ0n) is 14.2. The number of hydrogen-bond acceptors (Lipinski definition) is 7. The minimum Gasteiger partial charge on any atom is -0.477 e. The average Bonchev–Trinajstić information content (AvgIpc) is 3.12. The minimum absolute atomic E-state index is 0.110. The zero-order valence-corrected chi connectivity index (χ0v) is 14.2. The molecule has 0 saturated carbocycles. The first kappa shape index (κ1) is 16.3. The van der Waals surface area contributed by atoms with Crippen LogP contribution in [0.5, 0.6) is 11.8 Å². The summed E-state index contributed by atoms with van der Waals surface area (Å²) in [6.45, 7) is 2.43. The molecule has 2 aromatic heterocycles. The fourth-order valence-electron chi connectivity index (χ4n) is 3.25. The van der Waals surface area contributed by atoms with E-state index in [0.717, 1.165) is 25.8 Å². The zero-order chi connectivity index (χ0) is 17.9. The summed E-state index contributed by atoms with van der Waals surface area (Å²) in [6.07, 6.45) is 6.76. The van der Waals surface area contributed by atoms with Gasteiger partial charge in [0, 0.05) is 31.9 Å². The van der Waals surface area contributed by atoms with Crippen LogP contribution in [0.25, 0.3) is 0 Å². The normalized spacial score (nSPS) is 19.2. The van der Waals surface area contributed by atoms with Crippen molar-refractivity contribution in [2.45, 2.75) is 31.9 Å². The summed E-state index contributed by atoms with van der Waals surface area (Å²) in [6, 6.07) is 1.97. The van der Waals surface area contributed by atoms with Crippen LogP contribution in [0.3, 0.4) is 0 Å². The van der Waals surface area contributed by atoms with Gasteiger partial charge < -0.3 is 14.4 Å². The number of aromatic nitrogens is 4. The Morgan fingerprint density at radius 1 is 1.31 bits per heavy atom. The Labute approximate surface area is 150 Å². The molecule has 0 radical (unpaired) electrons. The Kier molecular flexibility index (Phi) is 4.39. The first-order valence-corrected chi connectivity index (χ1v) is 8.62. The number of carbonyl (C=O) groups excluding carboxylic acids is 1. The fourth-order valence-corrected chi connectivity index (χ4v) is 3.25. The second kappa shape index (κ2) is 7.00. The van der Waals surface area contributed by atoms with Gasteiger partial charge in [-0.25, -0.2) is 14.6 Å². The van der Waals surface area contributed by atoms with E-state index < -0.39 is 0 Å². The molecule has 1 fully saturated rings. The number of nitrogens with zero attached hydrogens (tertiary/aromatic N) is 6. The lowest BCUT2D eigenvalue weighted by Crippen LogP contribution is -2.44. The first-order chi connectivity index (χ1) is 12.8. The van der Waals surface area contributed by atoms with Crippen LogP contribution in [0.1, 0.15) is 35.3 Å². The molecule has 0 bridgehead atoms. The van der Waals surface area contributed by atoms with Gasteiger partial charge in [-0.15, -0.1) is 0 Å². The first-order valence-electron chi connectivity index (χ1n) is 8.62. The average molecular weight is 354 g/mol.